The van der Waals surface area contributed by atoms with Crippen LogP contribution in [0.4, 0.5) is 4.79 Å². The van der Waals surface area contributed by atoms with Gasteiger partial charge in [-0.05, 0) is 33.6 Å². The molecule has 1 aliphatic rings. The first kappa shape index (κ1) is 19.7. The maximum Gasteiger partial charge on any atom is 0.408 e. The lowest BCUT2D eigenvalue weighted by Gasteiger charge is -2.28. The lowest BCUT2D eigenvalue weighted by atomic mass is 10.1. The van der Waals surface area contributed by atoms with Crippen molar-refractivity contribution in [2.75, 3.05) is 13.7 Å². The molecule has 1 aromatic heterocycles. The molecule has 2 unspecified atom stereocenters. The molecule has 2 amide bonds. The van der Waals surface area contributed by atoms with Gasteiger partial charge in [0.05, 0.1) is 13.4 Å². The van der Waals surface area contributed by atoms with Gasteiger partial charge in [0.25, 0.3) is 0 Å². The minimum absolute atomic E-state index is 0.211. The third kappa shape index (κ3) is 5.21. The predicted octanol–water partition coefficient (Wildman–Crippen LogP) is 1.01. The lowest BCUT2D eigenvalue weighted by Crippen LogP contribution is -2.53. The van der Waals surface area contributed by atoms with E-state index in [1.807, 2.05) is 0 Å². The van der Waals surface area contributed by atoms with Gasteiger partial charge in [-0.15, -0.1) is 0 Å². The molecule has 0 bridgehead atoms. The van der Waals surface area contributed by atoms with Crippen LogP contribution >= 0.6 is 0 Å². The zero-order chi connectivity index (χ0) is 19.3. The number of nitrogens with zero attached hydrogens (tertiary/aromatic N) is 2. The standard InChI is InChI=1S/C17H26N4O5/c1-17(2,3)26-16(24)20-12(8-11-9-18-10-19-11)14(22)21-7-5-6-13(21)15(23)25-4/h9-10,12-13H,5-8H2,1-4H3,(H,18,19)(H,20,24). The summed E-state index contributed by atoms with van der Waals surface area (Å²) >= 11 is 0. The maximum absolute atomic E-state index is 13.0. The van der Waals surface area contributed by atoms with Crippen molar-refractivity contribution in [2.24, 2.45) is 0 Å². The second-order valence-electron chi connectivity index (χ2n) is 7.19. The molecular weight excluding hydrogens is 340 g/mol. The highest BCUT2D eigenvalue weighted by Gasteiger charge is 2.38. The Hall–Kier alpha value is -2.58. The van der Waals surface area contributed by atoms with E-state index in [0.29, 0.717) is 25.1 Å². The number of H-pyrrole nitrogens is 1. The molecule has 0 radical (unpaired) electrons. The van der Waals surface area contributed by atoms with Gasteiger partial charge in [0, 0.05) is 24.9 Å². The number of likely N-dealkylation sites (tertiary alicyclic amines) is 1. The Morgan fingerprint density at radius 2 is 2.15 bits per heavy atom. The van der Waals surface area contributed by atoms with Gasteiger partial charge in [-0.3, -0.25) is 4.79 Å². The molecule has 0 aliphatic carbocycles. The fourth-order valence-corrected chi connectivity index (χ4v) is 2.88. The molecule has 0 spiro atoms. The van der Waals surface area contributed by atoms with Gasteiger partial charge in [-0.2, -0.15) is 0 Å². The molecule has 2 rings (SSSR count). The van der Waals surface area contributed by atoms with Crippen LogP contribution in [0.1, 0.15) is 39.3 Å². The van der Waals surface area contributed by atoms with E-state index in [0.717, 1.165) is 0 Å². The van der Waals surface area contributed by atoms with Gasteiger partial charge in [0.15, 0.2) is 0 Å². The second kappa shape index (κ2) is 8.20. The van der Waals surface area contributed by atoms with Crippen LogP contribution in [0.3, 0.4) is 0 Å². The van der Waals surface area contributed by atoms with Gasteiger partial charge < -0.3 is 24.7 Å². The first-order valence-corrected chi connectivity index (χ1v) is 8.56. The fraction of sp³-hybridized carbons (Fsp3) is 0.647. The van der Waals surface area contributed by atoms with Crippen molar-refractivity contribution in [3.05, 3.63) is 18.2 Å². The van der Waals surface area contributed by atoms with Crippen molar-refractivity contribution >= 4 is 18.0 Å². The number of aromatic amines is 1. The quantitative estimate of drug-likeness (QED) is 0.752. The van der Waals surface area contributed by atoms with Crippen molar-refractivity contribution in [2.45, 2.75) is 57.7 Å². The van der Waals surface area contributed by atoms with Crippen LogP contribution in [0.15, 0.2) is 12.5 Å². The summed E-state index contributed by atoms with van der Waals surface area (Å²) in [6, 6.07) is -1.51. The predicted molar refractivity (Wildman–Crippen MR) is 92.2 cm³/mol. The SMILES string of the molecule is COC(=O)C1CCCN1C(=O)C(Cc1cnc[nH]1)NC(=O)OC(C)(C)C. The van der Waals surface area contributed by atoms with E-state index in [-0.39, 0.29) is 12.3 Å². The van der Waals surface area contributed by atoms with Crippen LogP contribution < -0.4 is 5.32 Å². The van der Waals surface area contributed by atoms with Crippen LogP contribution in [0.2, 0.25) is 0 Å². The Kier molecular flexibility index (Phi) is 6.23. The average molecular weight is 366 g/mol. The molecule has 1 saturated heterocycles. The van der Waals surface area contributed by atoms with Crippen molar-refractivity contribution in [3.8, 4) is 0 Å². The summed E-state index contributed by atoms with van der Waals surface area (Å²) in [4.78, 5) is 45.4. The Bertz CT molecular complexity index is 638. The van der Waals surface area contributed by atoms with Crippen molar-refractivity contribution < 1.29 is 23.9 Å². The normalized spacial score (nSPS) is 18.3. The van der Waals surface area contributed by atoms with E-state index in [9.17, 15) is 14.4 Å². The number of nitrogens with one attached hydrogen (secondary N) is 2. The minimum atomic E-state index is -0.879. The first-order chi connectivity index (χ1) is 12.2. The highest BCUT2D eigenvalue weighted by molar-refractivity contribution is 5.90. The molecular formula is C17H26N4O5. The highest BCUT2D eigenvalue weighted by atomic mass is 16.6. The number of methoxy groups -OCH3 is 1. The summed E-state index contributed by atoms with van der Waals surface area (Å²) in [5.74, 6) is -0.799. The largest absolute Gasteiger partial charge is 0.467 e. The molecule has 0 aromatic carbocycles. The van der Waals surface area contributed by atoms with Gasteiger partial charge >= 0.3 is 12.1 Å². The van der Waals surface area contributed by atoms with E-state index in [1.54, 1.807) is 27.0 Å². The molecule has 1 aliphatic heterocycles. The van der Waals surface area contributed by atoms with Gasteiger partial charge in [-0.25, -0.2) is 14.6 Å². The molecule has 2 heterocycles. The zero-order valence-electron chi connectivity index (χ0n) is 15.6. The van der Waals surface area contributed by atoms with Crippen molar-refractivity contribution in [1.29, 1.82) is 0 Å². The number of aromatic nitrogens is 2. The zero-order valence-corrected chi connectivity index (χ0v) is 15.6. The third-order valence-electron chi connectivity index (χ3n) is 3.98. The monoisotopic (exact) mass is 366 g/mol. The first-order valence-electron chi connectivity index (χ1n) is 8.56. The van der Waals surface area contributed by atoms with Gasteiger partial charge in [0.1, 0.15) is 17.7 Å². The lowest BCUT2D eigenvalue weighted by molar-refractivity contribution is -0.151. The molecule has 144 valence electrons. The number of ether oxygens (including phenoxy) is 2. The van der Waals surface area contributed by atoms with E-state index in [2.05, 4.69) is 15.3 Å². The second-order valence-corrected chi connectivity index (χ2v) is 7.19. The Morgan fingerprint density at radius 3 is 2.73 bits per heavy atom. The Balaban J connectivity index is 2.15. The number of hydrogen-bond acceptors (Lipinski definition) is 6. The van der Waals surface area contributed by atoms with Crippen LogP contribution in [-0.4, -0.2) is 64.2 Å². The fourth-order valence-electron chi connectivity index (χ4n) is 2.88. The van der Waals surface area contributed by atoms with Crippen molar-refractivity contribution in [3.63, 3.8) is 0 Å². The number of imidazole rings is 1. The van der Waals surface area contributed by atoms with E-state index in [4.69, 9.17) is 9.47 Å². The minimum Gasteiger partial charge on any atom is -0.467 e. The number of rotatable bonds is 5. The van der Waals surface area contributed by atoms with Gasteiger partial charge in [0.2, 0.25) is 5.91 Å². The molecule has 2 N–H and O–H groups in total. The van der Waals surface area contributed by atoms with Crippen LogP contribution in [-0.2, 0) is 25.5 Å². The number of carbonyl (C=O) groups excluding carboxylic acids is 3. The maximum atomic E-state index is 13.0. The molecule has 1 aromatic rings. The number of hydrogen-bond donors (Lipinski definition) is 2. The number of amides is 2. The summed E-state index contributed by atoms with van der Waals surface area (Å²) in [7, 11) is 1.30. The number of carbonyl (C=O) groups is 3. The molecule has 2 atom stereocenters. The highest BCUT2D eigenvalue weighted by Crippen LogP contribution is 2.20. The van der Waals surface area contributed by atoms with Gasteiger partial charge in [-0.1, -0.05) is 0 Å². The smallest absolute Gasteiger partial charge is 0.408 e. The summed E-state index contributed by atoms with van der Waals surface area (Å²) in [5, 5.41) is 2.61. The Morgan fingerprint density at radius 1 is 1.42 bits per heavy atom. The molecule has 9 heteroatoms. The third-order valence-corrected chi connectivity index (χ3v) is 3.98. The summed E-state index contributed by atoms with van der Waals surface area (Å²) in [6.07, 6.45) is 3.85. The molecule has 1 fully saturated rings. The van der Waals surface area contributed by atoms with E-state index >= 15 is 0 Å². The average Bonchev–Trinajstić information content (AvgIpc) is 3.22. The topological polar surface area (TPSA) is 114 Å². The number of alkyl carbamates (subject to hydrolysis) is 1. The van der Waals surface area contributed by atoms with Crippen LogP contribution in [0.25, 0.3) is 0 Å². The molecule has 9 nitrogen and oxygen atoms in total. The van der Waals surface area contributed by atoms with Crippen molar-refractivity contribution in [1.82, 2.24) is 20.2 Å². The van der Waals surface area contributed by atoms with Crippen LogP contribution in [0, 0.1) is 0 Å². The molecule has 26 heavy (non-hydrogen) atoms. The Labute approximate surface area is 152 Å². The molecule has 0 saturated carbocycles. The van der Waals surface area contributed by atoms with E-state index < -0.39 is 29.7 Å². The van der Waals surface area contributed by atoms with E-state index in [1.165, 1.54) is 18.3 Å². The summed E-state index contributed by atoms with van der Waals surface area (Å²) in [5.41, 5.74) is 0.00153. The van der Waals surface area contributed by atoms with Crippen LogP contribution in [0.5, 0.6) is 0 Å². The number of esters is 1. The summed E-state index contributed by atoms with van der Waals surface area (Å²) in [6.45, 7) is 5.66. The summed E-state index contributed by atoms with van der Waals surface area (Å²) < 4.78 is 10.0.